The highest BCUT2D eigenvalue weighted by Gasteiger charge is 2.21. The Balaban J connectivity index is 1.72. The van der Waals surface area contributed by atoms with Gasteiger partial charge in [-0.2, -0.15) is 0 Å². The van der Waals surface area contributed by atoms with E-state index in [1.54, 1.807) is 21.3 Å². The lowest BCUT2D eigenvalue weighted by molar-refractivity contribution is 0.395. The number of aryl methyl sites for hydroxylation is 1. The van der Waals surface area contributed by atoms with E-state index in [1.165, 1.54) is 11.1 Å². The number of benzene rings is 2. The molecule has 0 fully saturated rings. The predicted molar refractivity (Wildman–Crippen MR) is 108 cm³/mol. The summed E-state index contributed by atoms with van der Waals surface area (Å²) in [6, 6.07) is 12.0. The Kier molecular flexibility index (Phi) is 5.83. The number of fused-ring (bicyclic) bond motifs is 1. The van der Waals surface area contributed by atoms with Crippen molar-refractivity contribution in [3.05, 3.63) is 47.5 Å². The van der Waals surface area contributed by atoms with Gasteiger partial charge < -0.3 is 24.8 Å². The molecule has 6 heteroatoms. The van der Waals surface area contributed by atoms with Gasteiger partial charge >= 0.3 is 0 Å². The van der Waals surface area contributed by atoms with Crippen LogP contribution < -0.4 is 24.8 Å². The summed E-state index contributed by atoms with van der Waals surface area (Å²) in [5, 5.41) is 7.23. The summed E-state index contributed by atoms with van der Waals surface area (Å²) in [4.78, 5) is 0. The van der Waals surface area contributed by atoms with Crippen LogP contribution in [-0.2, 0) is 6.42 Å². The van der Waals surface area contributed by atoms with E-state index in [4.69, 9.17) is 26.4 Å². The number of thiocarbonyl (C=S) groups is 1. The Bertz CT molecular complexity index is 795. The van der Waals surface area contributed by atoms with Crippen LogP contribution in [0.15, 0.2) is 36.4 Å². The van der Waals surface area contributed by atoms with Gasteiger partial charge in [-0.25, -0.2) is 0 Å². The second kappa shape index (κ2) is 8.27. The molecule has 0 amide bonds. The first kappa shape index (κ1) is 18.3. The van der Waals surface area contributed by atoms with Crippen LogP contribution in [0.1, 0.15) is 30.0 Å². The van der Waals surface area contributed by atoms with E-state index >= 15 is 0 Å². The van der Waals surface area contributed by atoms with Gasteiger partial charge in [-0.1, -0.05) is 6.07 Å². The lowest BCUT2D eigenvalue weighted by Gasteiger charge is -2.28. The number of anilines is 1. The molecule has 0 spiro atoms. The highest BCUT2D eigenvalue weighted by molar-refractivity contribution is 7.80. The normalized spacial score (nSPS) is 15.6. The van der Waals surface area contributed by atoms with Gasteiger partial charge in [-0.3, -0.25) is 0 Å². The highest BCUT2D eigenvalue weighted by Crippen LogP contribution is 2.33. The number of nitrogens with one attached hydrogen (secondary N) is 2. The zero-order chi connectivity index (χ0) is 18.5. The smallest absolute Gasteiger partial charge is 0.171 e. The zero-order valence-electron chi connectivity index (χ0n) is 15.3. The van der Waals surface area contributed by atoms with Gasteiger partial charge in [0.1, 0.15) is 17.2 Å². The summed E-state index contributed by atoms with van der Waals surface area (Å²) in [6.07, 6.45) is 3.23. The molecule has 2 N–H and O–H groups in total. The van der Waals surface area contributed by atoms with Crippen molar-refractivity contribution in [3.63, 3.8) is 0 Å². The number of hydrogen-bond acceptors (Lipinski definition) is 4. The Morgan fingerprint density at radius 2 is 1.73 bits per heavy atom. The molecule has 2 aromatic carbocycles. The maximum absolute atomic E-state index is 5.53. The average Bonchev–Trinajstić information content (AvgIpc) is 2.68. The fraction of sp³-hybridized carbons (Fsp3) is 0.350. The summed E-state index contributed by atoms with van der Waals surface area (Å²) in [5.74, 6) is 2.32. The van der Waals surface area contributed by atoms with Crippen LogP contribution in [0.2, 0.25) is 0 Å². The van der Waals surface area contributed by atoms with E-state index in [9.17, 15) is 0 Å². The maximum Gasteiger partial charge on any atom is 0.171 e. The number of methoxy groups -OCH3 is 3. The molecule has 0 radical (unpaired) electrons. The average molecular weight is 372 g/mol. The largest absolute Gasteiger partial charge is 0.497 e. The monoisotopic (exact) mass is 372 g/mol. The van der Waals surface area contributed by atoms with Crippen molar-refractivity contribution >= 4 is 23.0 Å². The summed E-state index contributed by atoms with van der Waals surface area (Å²) >= 11 is 5.53. The van der Waals surface area contributed by atoms with Crippen molar-refractivity contribution in [2.45, 2.75) is 25.3 Å². The van der Waals surface area contributed by atoms with Crippen molar-refractivity contribution < 1.29 is 14.2 Å². The van der Waals surface area contributed by atoms with Gasteiger partial charge in [0.15, 0.2) is 5.11 Å². The first-order valence-electron chi connectivity index (χ1n) is 8.61. The molecule has 0 aromatic heterocycles. The van der Waals surface area contributed by atoms with Gasteiger partial charge in [0, 0.05) is 6.07 Å². The van der Waals surface area contributed by atoms with Crippen molar-refractivity contribution in [3.8, 4) is 17.2 Å². The molecule has 1 aliphatic rings. The lowest BCUT2D eigenvalue weighted by atomic mass is 9.87. The Hall–Kier alpha value is -2.47. The van der Waals surface area contributed by atoms with Crippen LogP contribution in [0.5, 0.6) is 17.2 Å². The number of hydrogen-bond donors (Lipinski definition) is 2. The molecule has 5 nitrogen and oxygen atoms in total. The maximum atomic E-state index is 5.53. The quantitative estimate of drug-likeness (QED) is 0.772. The van der Waals surface area contributed by atoms with Crippen LogP contribution in [0.3, 0.4) is 0 Å². The van der Waals surface area contributed by atoms with E-state index in [1.807, 2.05) is 24.3 Å². The molecule has 1 aliphatic carbocycles. The van der Waals surface area contributed by atoms with Crippen LogP contribution in [0.4, 0.5) is 5.69 Å². The molecule has 26 heavy (non-hydrogen) atoms. The molecule has 2 aromatic rings. The van der Waals surface area contributed by atoms with Crippen molar-refractivity contribution in [2.24, 2.45) is 0 Å². The zero-order valence-corrected chi connectivity index (χ0v) is 16.1. The molecule has 0 saturated heterocycles. The molecule has 0 heterocycles. The van der Waals surface area contributed by atoms with Gasteiger partial charge in [-0.15, -0.1) is 0 Å². The molecule has 3 rings (SSSR count). The minimum absolute atomic E-state index is 0.189. The number of rotatable bonds is 5. The lowest BCUT2D eigenvalue weighted by Crippen LogP contribution is -2.34. The molecular weight excluding hydrogens is 348 g/mol. The Labute approximate surface area is 159 Å². The molecule has 0 aliphatic heterocycles. The summed E-state index contributed by atoms with van der Waals surface area (Å²) in [6.45, 7) is 0. The molecule has 138 valence electrons. The summed E-state index contributed by atoms with van der Waals surface area (Å²) < 4.78 is 16.0. The minimum Gasteiger partial charge on any atom is -0.497 e. The highest BCUT2D eigenvalue weighted by atomic mass is 32.1. The third-order valence-electron chi connectivity index (χ3n) is 4.63. The van der Waals surface area contributed by atoms with Crippen molar-refractivity contribution in [2.75, 3.05) is 26.6 Å². The molecule has 0 saturated carbocycles. The standard InChI is InChI=1S/C20H24N2O3S/c1-23-14-7-9-16-13(11-14)5-4-6-17(16)21-20(26)22-18-10-8-15(24-2)12-19(18)25-3/h7-12,17H,4-6H2,1-3H3,(H2,21,22,26)/t17-/m0/s1. The Morgan fingerprint density at radius 3 is 2.46 bits per heavy atom. The first-order valence-corrected chi connectivity index (χ1v) is 9.01. The third kappa shape index (κ3) is 4.02. The van der Waals surface area contributed by atoms with Crippen LogP contribution in [0.25, 0.3) is 0 Å². The van der Waals surface area contributed by atoms with Crippen molar-refractivity contribution in [1.82, 2.24) is 5.32 Å². The third-order valence-corrected chi connectivity index (χ3v) is 4.85. The van der Waals surface area contributed by atoms with Gasteiger partial charge in [0.25, 0.3) is 0 Å². The molecular formula is C20H24N2O3S. The fourth-order valence-corrected chi connectivity index (χ4v) is 3.54. The van der Waals surface area contributed by atoms with Gasteiger partial charge in [0.05, 0.1) is 33.1 Å². The second-order valence-electron chi connectivity index (χ2n) is 6.17. The van der Waals surface area contributed by atoms with Crippen molar-refractivity contribution in [1.29, 1.82) is 0 Å². The predicted octanol–water partition coefficient (Wildman–Crippen LogP) is 4.08. The number of ether oxygens (including phenoxy) is 3. The van der Waals surface area contributed by atoms with Gasteiger partial charge in [0.2, 0.25) is 0 Å². The second-order valence-corrected chi connectivity index (χ2v) is 6.58. The van der Waals surface area contributed by atoms with E-state index in [-0.39, 0.29) is 6.04 Å². The topological polar surface area (TPSA) is 51.8 Å². The van der Waals surface area contributed by atoms with E-state index < -0.39 is 0 Å². The SMILES string of the molecule is COc1ccc2c(c1)CCC[C@@H]2NC(=S)Nc1ccc(OC)cc1OC. The molecule has 1 atom stereocenters. The first-order chi connectivity index (χ1) is 12.6. The van der Waals surface area contributed by atoms with E-state index in [0.29, 0.717) is 10.9 Å². The summed E-state index contributed by atoms with van der Waals surface area (Å²) in [7, 11) is 4.95. The van der Waals surface area contributed by atoms with Crippen LogP contribution in [0, 0.1) is 0 Å². The molecule has 0 unspecified atom stereocenters. The fourth-order valence-electron chi connectivity index (χ4n) is 3.29. The Morgan fingerprint density at radius 1 is 1.00 bits per heavy atom. The van der Waals surface area contributed by atoms with E-state index in [2.05, 4.69) is 22.8 Å². The van der Waals surface area contributed by atoms with Crippen LogP contribution in [-0.4, -0.2) is 26.4 Å². The van der Waals surface area contributed by atoms with Crippen LogP contribution >= 0.6 is 12.2 Å². The molecule has 0 bridgehead atoms. The summed E-state index contributed by atoms with van der Waals surface area (Å²) in [5.41, 5.74) is 3.40. The van der Waals surface area contributed by atoms with E-state index in [0.717, 1.165) is 36.4 Å². The minimum atomic E-state index is 0.189. The van der Waals surface area contributed by atoms with Gasteiger partial charge in [-0.05, 0) is 66.9 Å².